The number of nitro benzene ring substituents is 1. The zero-order valence-electron chi connectivity index (χ0n) is 19.0. The molecule has 0 saturated heterocycles. The normalized spacial score (nSPS) is 14.0. The highest BCUT2D eigenvalue weighted by Gasteiger charge is 2.26. The van der Waals surface area contributed by atoms with Gasteiger partial charge in [0.05, 0.1) is 11.5 Å². The summed E-state index contributed by atoms with van der Waals surface area (Å²) >= 11 is 0. The van der Waals surface area contributed by atoms with Gasteiger partial charge in [-0.1, -0.05) is 24.3 Å². The maximum atomic E-state index is 13.4. The third-order valence-corrected chi connectivity index (χ3v) is 5.13. The molecular weight excluding hydrogens is 455 g/mol. The average Bonchev–Trinajstić information content (AvgIpc) is 3.19. The van der Waals surface area contributed by atoms with Gasteiger partial charge in [-0.3, -0.25) is 10.1 Å². The largest absolute Gasteiger partial charge is 0.490 e. The molecule has 0 N–H and O–H groups in total. The Balaban J connectivity index is 1.58. The van der Waals surface area contributed by atoms with Crippen molar-refractivity contribution in [1.82, 2.24) is 0 Å². The molecule has 4 rings (SSSR count). The van der Waals surface area contributed by atoms with Crippen molar-refractivity contribution >= 4 is 23.6 Å². The first-order valence-electron chi connectivity index (χ1n) is 10.8. The topological polar surface area (TPSA) is 100 Å². The molecule has 1 heterocycles. The fourth-order valence-electron chi connectivity index (χ4n) is 3.42. The molecule has 9 heteroatoms. The van der Waals surface area contributed by atoms with Gasteiger partial charge in [0, 0.05) is 17.2 Å². The minimum Gasteiger partial charge on any atom is -0.490 e. The Morgan fingerprint density at radius 3 is 2.66 bits per heavy atom. The van der Waals surface area contributed by atoms with E-state index in [1.54, 1.807) is 49.4 Å². The van der Waals surface area contributed by atoms with Crippen LogP contribution in [0.15, 0.2) is 71.4 Å². The van der Waals surface area contributed by atoms with E-state index < -0.39 is 10.9 Å². The number of nitro groups is 1. The highest BCUT2D eigenvalue weighted by atomic mass is 19.1. The molecule has 178 valence electrons. The Labute approximate surface area is 200 Å². The number of carbonyl (C=O) groups is 1. The van der Waals surface area contributed by atoms with Crippen LogP contribution in [0.3, 0.4) is 0 Å². The number of aryl methyl sites for hydroxylation is 1. The smallest absolute Gasteiger partial charge is 0.363 e. The second-order valence-electron chi connectivity index (χ2n) is 7.65. The van der Waals surface area contributed by atoms with Crippen LogP contribution in [-0.4, -0.2) is 23.4 Å². The Morgan fingerprint density at radius 1 is 1.09 bits per heavy atom. The molecule has 0 spiro atoms. The zero-order valence-corrected chi connectivity index (χ0v) is 19.0. The van der Waals surface area contributed by atoms with Gasteiger partial charge in [-0.05, 0) is 61.4 Å². The summed E-state index contributed by atoms with van der Waals surface area (Å²) in [6.45, 7) is 3.98. The molecule has 35 heavy (non-hydrogen) atoms. The van der Waals surface area contributed by atoms with Crippen molar-refractivity contribution in [3.8, 4) is 11.5 Å². The Hall–Kier alpha value is -4.53. The number of rotatable bonds is 8. The van der Waals surface area contributed by atoms with E-state index in [-0.39, 0.29) is 29.7 Å². The number of aliphatic imine (C=N–C) groups is 1. The van der Waals surface area contributed by atoms with Crippen LogP contribution in [0.1, 0.15) is 29.2 Å². The van der Waals surface area contributed by atoms with E-state index in [4.69, 9.17) is 14.2 Å². The van der Waals surface area contributed by atoms with Crippen LogP contribution in [0.25, 0.3) is 6.08 Å². The Morgan fingerprint density at radius 2 is 1.91 bits per heavy atom. The zero-order chi connectivity index (χ0) is 24.9. The monoisotopic (exact) mass is 476 g/mol. The molecule has 0 fully saturated rings. The van der Waals surface area contributed by atoms with Crippen LogP contribution < -0.4 is 9.47 Å². The van der Waals surface area contributed by atoms with Crippen molar-refractivity contribution in [2.75, 3.05) is 6.61 Å². The molecule has 0 unspecified atom stereocenters. The summed E-state index contributed by atoms with van der Waals surface area (Å²) in [5, 5.41) is 11.2. The number of hydrogen-bond acceptors (Lipinski definition) is 7. The maximum absolute atomic E-state index is 13.4. The molecule has 0 atom stereocenters. The van der Waals surface area contributed by atoms with Crippen LogP contribution >= 0.6 is 0 Å². The summed E-state index contributed by atoms with van der Waals surface area (Å²) in [5.41, 5.74) is 2.05. The lowest BCUT2D eigenvalue weighted by Crippen LogP contribution is -2.06. The van der Waals surface area contributed by atoms with E-state index in [9.17, 15) is 19.3 Å². The van der Waals surface area contributed by atoms with Crippen molar-refractivity contribution in [2.45, 2.75) is 20.5 Å². The van der Waals surface area contributed by atoms with E-state index in [2.05, 4.69) is 4.99 Å². The number of benzene rings is 3. The Bertz CT molecular complexity index is 1370. The van der Waals surface area contributed by atoms with Gasteiger partial charge in [-0.15, -0.1) is 0 Å². The van der Waals surface area contributed by atoms with Gasteiger partial charge < -0.3 is 14.2 Å². The van der Waals surface area contributed by atoms with Crippen LogP contribution in [-0.2, 0) is 16.1 Å². The molecule has 0 amide bonds. The third kappa shape index (κ3) is 5.52. The average molecular weight is 476 g/mol. The van der Waals surface area contributed by atoms with E-state index in [1.165, 1.54) is 24.3 Å². The minimum absolute atomic E-state index is 0.00979. The first kappa shape index (κ1) is 23.6. The number of halogens is 1. The summed E-state index contributed by atoms with van der Waals surface area (Å²) in [7, 11) is 0. The van der Waals surface area contributed by atoms with Gasteiger partial charge in [-0.2, -0.15) is 0 Å². The quantitative estimate of drug-likeness (QED) is 0.188. The van der Waals surface area contributed by atoms with Crippen LogP contribution in [0.4, 0.5) is 10.1 Å². The summed E-state index contributed by atoms with van der Waals surface area (Å²) in [6.07, 6.45) is 1.52. The van der Waals surface area contributed by atoms with Crippen LogP contribution in [0, 0.1) is 22.9 Å². The number of esters is 1. The fraction of sp³-hybridized carbons (Fsp3) is 0.154. The lowest BCUT2D eigenvalue weighted by molar-refractivity contribution is -0.385. The number of hydrogen-bond donors (Lipinski definition) is 0. The van der Waals surface area contributed by atoms with E-state index in [0.29, 0.717) is 40.4 Å². The van der Waals surface area contributed by atoms with Gasteiger partial charge in [-0.25, -0.2) is 14.2 Å². The molecule has 0 saturated carbocycles. The van der Waals surface area contributed by atoms with Crippen molar-refractivity contribution in [1.29, 1.82) is 0 Å². The first-order valence-corrected chi connectivity index (χ1v) is 10.8. The van der Waals surface area contributed by atoms with Crippen molar-refractivity contribution in [3.05, 3.63) is 105 Å². The van der Waals surface area contributed by atoms with Gasteiger partial charge >= 0.3 is 5.97 Å². The molecule has 3 aromatic rings. The number of cyclic esters (lactones) is 1. The van der Waals surface area contributed by atoms with E-state index >= 15 is 0 Å². The highest BCUT2D eigenvalue weighted by molar-refractivity contribution is 6.13. The predicted molar refractivity (Wildman–Crippen MR) is 127 cm³/mol. The molecular formula is C26H21FN2O6. The maximum Gasteiger partial charge on any atom is 0.363 e. The van der Waals surface area contributed by atoms with Crippen LogP contribution in [0.5, 0.6) is 11.5 Å². The Kier molecular flexibility index (Phi) is 6.86. The van der Waals surface area contributed by atoms with Gasteiger partial charge in [0.1, 0.15) is 12.4 Å². The summed E-state index contributed by atoms with van der Waals surface area (Å²) < 4.78 is 30.1. The lowest BCUT2D eigenvalue weighted by atomic mass is 10.1. The second kappa shape index (κ2) is 10.2. The SMILES string of the molecule is CCOc1cc(/C=C2\N=C(c3ccc(C)c([N+](=O)[O-])c3)OC2=O)ccc1OCc1cccc(F)c1. The number of carbonyl (C=O) groups excluding carboxylic acids is 1. The van der Waals surface area contributed by atoms with Gasteiger partial charge in [0.15, 0.2) is 17.2 Å². The molecule has 0 bridgehead atoms. The summed E-state index contributed by atoms with van der Waals surface area (Å²) in [5.74, 6) is -0.120. The molecule has 0 radical (unpaired) electrons. The highest BCUT2D eigenvalue weighted by Crippen LogP contribution is 2.31. The second-order valence-corrected chi connectivity index (χ2v) is 7.65. The minimum atomic E-state index is -0.674. The molecule has 0 aromatic heterocycles. The van der Waals surface area contributed by atoms with Gasteiger partial charge in [0.25, 0.3) is 5.69 Å². The summed E-state index contributed by atoms with van der Waals surface area (Å²) in [6, 6.07) is 15.7. The van der Waals surface area contributed by atoms with Crippen LogP contribution in [0.2, 0.25) is 0 Å². The van der Waals surface area contributed by atoms with Crippen molar-refractivity contribution in [3.63, 3.8) is 0 Å². The fourth-order valence-corrected chi connectivity index (χ4v) is 3.42. The molecule has 3 aromatic carbocycles. The third-order valence-electron chi connectivity index (χ3n) is 5.13. The molecule has 0 aliphatic carbocycles. The molecule has 1 aliphatic rings. The molecule has 1 aliphatic heterocycles. The predicted octanol–water partition coefficient (Wildman–Crippen LogP) is 5.36. The number of nitrogens with zero attached hydrogens (tertiary/aromatic N) is 2. The lowest BCUT2D eigenvalue weighted by Gasteiger charge is -2.13. The molecule has 8 nitrogen and oxygen atoms in total. The van der Waals surface area contributed by atoms with Gasteiger partial charge in [0.2, 0.25) is 5.90 Å². The van der Waals surface area contributed by atoms with Crippen molar-refractivity contribution in [2.24, 2.45) is 4.99 Å². The number of ether oxygens (including phenoxy) is 3. The first-order chi connectivity index (χ1) is 16.8. The van der Waals surface area contributed by atoms with E-state index in [0.717, 1.165) is 0 Å². The summed E-state index contributed by atoms with van der Waals surface area (Å²) in [4.78, 5) is 27.3. The van der Waals surface area contributed by atoms with Crippen molar-refractivity contribution < 1.29 is 28.3 Å². The van der Waals surface area contributed by atoms with E-state index in [1.807, 2.05) is 6.92 Å². The standard InChI is InChI=1S/C26H21FN2O6/c1-3-33-24-13-17(8-10-23(24)34-15-18-5-4-6-20(27)11-18)12-21-26(30)35-25(28-21)19-9-7-16(2)22(14-19)29(31)32/h4-14H,3,15H2,1-2H3/b21-12-.